The Labute approximate surface area is 165 Å². The summed E-state index contributed by atoms with van der Waals surface area (Å²) in [6, 6.07) is 9.18. The van der Waals surface area contributed by atoms with E-state index in [0.717, 1.165) is 35.2 Å². The molecular weight excluding hydrogens is 412 g/mol. The average Bonchev–Trinajstić information content (AvgIpc) is 3.11. The van der Waals surface area contributed by atoms with E-state index in [9.17, 15) is 23.7 Å². The van der Waals surface area contributed by atoms with Gasteiger partial charge < -0.3 is 10.6 Å². The molecule has 144 valence electrons. The van der Waals surface area contributed by atoms with Gasteiger partial charge >= 0.3 is 5.69 Å². The summed E-state index contributed by atoms with van der Waals surface area (Å²) >= 11 is 2.23. The van der Waals surface area contributed by atoms with E-state index < -0.39 is 28.2 Å². The van der Waals surface area contributed by atoms with Gasteiger partial charge in [-0.1, -0.05) is 35.2 Å². The second-order valence-electron chi connectivity index (χ2n) is 5.24. The number of hydrogen-bond acceptors (Lipinski definition) is 8. The standard InChI is InChI=1S/C16H11F2N5O3S2/c17-10-3-1-2-4-12(10)20-15-21-22-16(28-15)27-8-14(24)19-9-5-6-11(18)13(7-9)23(25)26/h1-7H,8H2,(H,19,24)(H,20,21). The quantitative estimate of drug-likeness (QED) is 0.333. The van der Waals surface area contributed by atoms with Gasteiger partial charge in [0.05, 0.1) is 16.4 Å². The Morgan fingerprint density at radius 3 is 2.71 bits per heavy atom. The van der Waals surface area contributed by atoms with Gasteiger partial charge in [-0.15, -0.1) is 10.2 Å². The van der Waals surface area contributed by atoms with E-state index in [1.165, 1.54) is 12.1 Å². The summed E-state index contributed by atoms with van der Waals surface area (Å²) in [5.74, 6) is -1.91. The Kier molecular flexibility index (Phi) is 6.11. The van der Waals surface area contributed by atoms with Crippen LogP contribution >= 0.6 is 23.1 Å². The maximum absolute atomic E-state index is 13.6. The van der Waals surface area contributed by atoms with Crippen LogP contribution in [0.1, 0.15) is 0 Å². The summed E-state index contributed by atoms with van der Waals surface area (Å²) in [7, 11) is 0. The first-order chi connectivity index (χ1) is 13.4. The van der Waals surface area contributed by atoms with Crippen LogP contribution in [0.4, 0.5) is 31.0 Å². The molecule has 28 heavy (non-hydrogen) atoms. The molecule has 12 heteroatoms. The van der Waals surface area contributed by atoms with Gasteiger partial charge in [-0.2, -0.15) is 4.39 Å². The van der Waals surface area contributed by atoms with Crippen molar-refractivity contribution >= 4 is 51.2 Å². The first-order valence-corrected chi connectivity index (χ1v) is 9.44. The number of nitro groups is 1. The van der Waals surface area contributed by atoms with Crippen molar-refractivity contribution in [2.45, 2.75) is 4.34 Å². The monoisotopic (exact) mass is 423 g/mol. The normalized spacial score (nSPS) is 10.5. The summed E-state index contributed by atoms with van der Waals surface area (Å²) in [5, 5.41) is 24.1. The number of anilines is 3. The Bertz CT molecular complexity index is 1030. The van der Waals surface area contributed by atoms with Crippen molar-refractivity contribution in [3.63, 3.8) is 0 Å². The third-order valence-corrected chi connectivity index (χ3v) is 5.25. The number of carbonyl (C=O) groups is 1. The summed E-state index contributed by atoms with van der Waals surface area (Å²) in [5.41, 5.74) is -0.359. The lowest BCUT2D eigenvalue weighted by Crippen LogP contribution is -2.14. The van der Waals surface area contributed by atoms with Crippen molar-refractivity contribution < 1.29 is 18.5 Å². The molecule has 0 saturated heterocycles. The van der Waals surface area contributed by atoms with Gasteiger partial charge in [0, 0.05) is 11.8 Å². The molecule has 1 amide bonds. The van der Waals surface area contributed by atoms with Gasteiger partial charge in [0.1, 0.15) is 5.82 Å². The van der Waals surface area contributed by atoms with Gasteiger partial charge in [-0.3, -0.25) is 14.9 Å². The molecule has 3 aromatic rings. The van der Waals surface area contributed by atoms with Crippen molar-refractivity contribution in [1.82, 2.24) is 10.2 Å². The van der Waals surface area contributed by atoms with Crippen LogP contribution in [0.25, 0.3) is 0 Å². The van der Waals surface area contributed by atoms with E-state index in [4.69, 9.17) is 0 Å². The largest absolute Gasteiger partial charge is 0.328 e. The summed E-state index contributed by atoms with van der Waals surface area (Å²) in [6.45, 7) is 0. The molecule has 8 nitrogen and oxygen atoms in total. The van der Waals surface area contributed by atoms with Gasteiger partial charge in [0.15, 0.2) is 4.34 Å². The predicted molar refractivity (Wildman–Crippen MR) is 102 cm³/mol. The molecule has 0 atom stereocenters. The number of nitro benzene ring substituents is 1. The first-order valence-electron chi connectivity index (χ1n) is 7.64. The van der Waals surface area contributed by atoms with Gasteiger partial charge in [0.25, 0.3) is 0 Å². The fourth-order valence-corrected chi connectivity index (χ4v) is 3.62. The number of aromatic nitrogens is 2. The molecule has 0 bridgehead atoms. The third-order valence-electron chi connectivity index (χ3n) is 3.28. The zero-order valence-electron chi connectivity index (χ0n) is 13.9. The SMILES string of the molecule is O=C(CSc1nnc(Nc2ccccc2F)s1)Nc1ccc(F)c([N+](=O)[O-])c1. The molecule has 0 aliphatic rings. The van der Waals surface area contributed by atoms with E-state index in [1.807, 2.05) is 0 Å². The molecule has 0 unspecified atom stereocenters. The van der Waals surface area contributed by atoms with Crippen molar-refractivity contribution in [3.8, 4) is 0 Å². The fourth-order valence-electron chi connectivity index (χ4n) is 2.05. The van der Waals surface area contributed by atoms with Crippen molar-refractivity contribution in [2.75, 3.05) is 16.4 Å². The van der Waals surface area contributed by atoms with Gasteiger partial charge in [0.2, 0.25) is 16.9 Å². The molecule has 0 spiro atoms. The number of amides is 1. The van der Waals surface area contributed by atoms with E-state index >= 15 is 0 Å². The number of thioether (sulfide) groups is 1. The first kappa shape index (κ1) is 19.6. The zero-order chi connectivity index (χ0) is 20.1. The van der Waals surface area contributed by atoms with Gasteiger partial charge in [-0.05, 0) is 24.3 Å². The smallest absolute Gasteiger partial charge is 0.306 e. The lowest BCUT2D eigenvalue weighted by Gasteiger charge is -2.04. The number of benzene rings is 2. The lowest BCUT2D eigenvalue weighted by molar-refractivity contribution is -0.387. The molecule has 0 aliphatic carbocycles. The maximum atomic E-state index is 13.6. The Hall–Kier alpha value is -3.12. The van der Waals surface area contributed by atoms with E-state index in [0.29, 0.717) is 9.47 Å². The van der Waals surface area contributed by atoms with Crippen molar-refractivity contribution in [1.29, 1.82) is 0 Å². The minimum atomic E-state index is -0.985. The number of halogens is 2. The number of nitrogens with one attached hydrogen (secondary N) is 2. The summed E-state index contributed by atoms with van der Waals surface area (Å²) in [4.78, 5) is 21.9. The second-order valence-corrected chi connectivity index (χ2v) is 7.44. The Morgan fingerprint density at radius 2 is 1.96 bits per heavy atom. The second kappa shape index (κ2) is 8.71. The van der Waals surface area contributed by atoms with Crippen LogP contribution in [-0.4, -0.2) is 26.8 Å². The molecule has 0 fully saturated rings. The highest BCUT2D eigenvalue weighted by atomic mass is 32.2. The fraction of sp³-hybridized carbons (Fsp3) is 0.0625. The van der Waals surface area contributed by atoms with Crippen LogP contribution in [0.5, 0.6) is 0 Å². The molecule has 1 aromatic heterocycles. The highest BCUT2D eigenvalue weighted by molar-refractivity contribution is 8.01. The molecule has 2 aromatic carbocycles. The van der Waals surface area contributed by atoms with Crippen LogP contribution in [-0.2, 0) is 4.79 Å². The van der Waals surface area contributed by atoms with E-state index in [2.05, 4.69) is 20.8 Å². The van der Waals surface area contributed by atoms with Crippen LogP contribution in [0.3, 0.4) is 0 Å². The van der Waals surface area contributed by atoms with Crippen LogP contribution in [0.15, 0.2) is 46.8 Å². The molecule has 0 radical (unpaired) electrons. The molecular formula is C16H11F2N5O3S2. The van der Waals surface area contributed by atoms with E-state index in [1.54, 1.807) is 18.2 Å². The molecule has 0 aliphatic heterocycles. The number of hydrogen-bond donors (Lipinski definition) is 2. The number of carbonyl (C=O) groups excluding carboxylic acids is 1. The van der Waals surface area contributed by atoms with E-state index in [-0.39, 0.29) is 17.1 Å². The molecule has 2 N–H and O–H groups in total. The van der Waals surface area contributed by atoms with Crippen LogP contribution < -0.4 is 10.6 Å². The molecule has 1 heterocycles. The minimum Gasteiger partial charge on any atom is -0.328 e. The summed E-state index contributed by atoms with van der Waals surface area (Å²) < 4.78 is 27.4. The third kappa shape index (κ3) is 4.98. The molecule has 0 saturated carbocycles. The van der Waals surface area contributed by atoms with Crippen molar-refractivity contribution in [3.05, 3.63) is 64.2 Å². The minimum absolute atomic E-state index is 0.0422. The Morgan fingerprint density at radius 1 is 1.18 bits per heavy atom. The number of para-hydroxylation sites is 1. The van der Waals surface area contributed by atoms with Crippen LogP contribution in [0.2, 0.25) is 0 Å². The topological polar surface area (TPSA) is 110 Å². The average molecular weight is 423 g/mol. The maximum Gasteiger partial charge on any atom is 0.306 e. The number of nitrogens with zero attached hydrogens (tertiary/aromatic N) is 3. The van der Waals surface area contributed by atoms with Crippen LogP contribution in [0, 0.1) is 21.7 Å². The number of rotatable bonds is 7. The highest BCUT2D eigenvalue weighted by Gasteiger charge is 2.16. The summed E-state index contributed by atoms with van der Waals surface area (Å²) in [6.07, 6.45) is 0. The highest BCUT2D eigenvalue weighted by Crippen LogP contribution is 2.28. The zero-order valence-corrected chi connectivity index (χ0v) is 15.5. The predicted octanol–water partition coefficient (Wildman–Crippen LogP) is 4.20. The Balaban J connectivity index is 1.55. The van der Waals surface area contributed by atoms with Crippen molar-refractivity contribution in [2.24, 2.45) is 0 Å². The molecule has 3 rings (SSSR count). The lowest BCUT2D eigenvalue weighted by atomic mass is 10.2. The van der Waals surface area contributed by atoms with Gasteiger partial charge in [-0.25, -0.2) is 4.39 Å².